The van der Waals surface area contributed by atoms with Gasteiger partial charge in [0.15, 0.2) is 11.6 Å². The first kappa shape index (κ1) is 18.2. The van der Waals surface area contributed by atoms with E-state index in [1.54, 1.807) is 0 Å². The third kappa shape index (κ3) is 3.54. The van der Waals surface area contributed by atoms with Crippen molar-refractivity contribution in [3.05, 3.63) is 69.8 Å². The summed E-state index contributed by atoms with van der Waals surface area (Å²) in [6, 6.07) is 6.57. The van der Waals surface area contributed by atoms with Crippen LogP contribution in [0.25, 0.3) is 0 Å². The zero-order valence-corrected chi connectivity index (χ0v) is 13.8. The van der Waals surface area contributed by atoms with Gasteiger partial charge in [-0.3, -0.25) is 10.1 Å². The van der Waals surface area contributed by atoms with Crippen molar-refractivity contribution in [2.45, 2.75) is 19.1 Å². The SMILES string of the molecule is C[C@H]1OC(=O)N(C(=O)Oc2ccc([N+](=O)[O-])cc2)[C@@H]1c1ccc(F)c(F)c1. The smallest absolute Gasteiger partial charge is 0.425 e. The van der Waals surface area contributed by atoms with Crippen LogP contribution in [0.3, 0.4) is 0 Å². The monoisotopic (exact) mass is 378 g/mol. The Morgan fingerprint density at radius 3 is 2.44 bits per heavy atom. The number of ether oxygens (including phenoxy) is 2. The molecule has 1 fully saturated rings. The van der Waals surface area contributed by atoms with Gasteiger partial charge in [-0.05, 0) is 36.8 Å². The van der Waals surface area contributed by atoms with Crippen molar-refractivity contribution in [1.82, 2.24) is 4.90 Å². The van der Waals surface area contributed by atoms with Crippen LogP contribution in [-0.4, -0.2) is 28.1 Å². The molecule has 0 bridgehead atoms. The quantitative estimate of drug-likeness (QED) is 0.592. The number of hydrogen-bond donors (Lipinski definition) is 0. The number of carbonyl (C=O) groups is 2. The molecule has 0 radical (unpaired) electrons. The molecule has 1 aliphatic rings. The topological polar surface area (TPSA) is 99.0 Å². The summed E-state index contributed by atoms with van der Waals surface area (Å²) in [5.74, 6) is -2.25. The van der Waals surface area contributed by atoms with E-state index in [0.717, 1.165) is 24.3 Å². The van der Waals surface area contributed by atoms with Gasteiger partial charge >= 0.3 is 12.2 Å². The van der Waals surface area contributed by atoms with Crippen molar-refractivity contribution in [2.24, 2.45) is 0 Å². The van der Waals surface area contributed by atoms with E-state index in [1.807, 2.05) is 0 Å². The lowest BCUT2D eigenvalue weighted by Gasteiger charge is -2.21. The van der Waals surface area contributed by atoms with Gasteiger partial charge in [-0.15, -0.1) is 0 Å². The number of nitro benzene ring substituents is 1. The molecule has 3 rings (SSSR count). The molecule has 8 nitrogen and oxygen atoms in total. The molecule has 2 amide bonds. The average Bonchev–Trinajstić information content (AvgIpc) is 2.92. The summed E-state index contributed by atoms with van der Waals surface area (Å²) in [4.78, 5) is 35.1. The molecule has 1 saturated heterocycles. The van der Waals surface area contributed by atoms with Crippen LogP contribution in [0.4, 0.5) is 24.1 Å². The summed E-state index contributed by atoms with van der Waals surface area (Å²) in [6.45, 7) is 1.49. The van der Waals surface area contributed by atoms with Crippen molar-refractivity contribution >= 4 is 17.9 Å². The van der Waals surface area contributed by atoms with E-state index in [-0.39, 0.29) is 17.0 Å². The van der Waals surface area contributed by atoms with Gasteiger partial charge in [0.05, 0.1) is 4.92 Å². The Morgan fingerprint density at radius 1 is 1.19 bits per heavy atom. The lowest BCUT2D eigenvalue weighted by molar-refractivity contribution is -0.384. The molecule has 1 aliphatic heterocycles. The summed E-state index contributed by atoms with van der Waals surface area (Å²) in [5.41, 5.74) is -0.0587. The molecule has 2 aromatic rings. The van der Waals surface area contributed by atoms with Crippen LogP contribution in [0.2, 0.25) is 0 Å². The molecule has 2 aromatic carbocycles. The lowest BCUT2D eigenvalue weighted by Crippen LogP contribution is -2.37. The fraction of sp³-hybridized carbons (Fsp3) is 0.176. The molecule has 0 aromatic heterocycles. The Hall–Kier alpha value is -3.56. The summed E-state index contributed by atoms with van der Waals surface area (Å²) >= 11 is 0. The average molecular weight is 378 g/mol. The maximum atomic E-state index is 13.5. The van der Waals surface area contributed by atoms with Crippen LogP contribution < -0.4 is 4.74 Å². The van der Waals surface area contributed by atoms with Gasteiger partial charge in [-0.25, -0.2) is 23.3 Å². The van der Waals surface area contributed by atoms with Crippen molar-refractivity contribution < 1.29 is 32.8 Å². The van der Waals surface area contributed by atoms with Crippen LogP contribution in [0.5, 0.6) is 5.75 Å². The first-order valence-electron chi connectivity index (χ1n) is 7.69. The van der Waals surface area contributed by atoms with Crippen LogP contribution in [-0.2, 0) is 4.74 Å². The van der Waals surface area contributed by atoms with Gasteiger partial charge in [0.2, 0.25) is 0 Å². The fourth-order valence-corrected chi connectivity index (χ4v) is 2.69. The second-order valence-corrected chi connectivity index (χ2v) is 5.70. The molecule has 0 spiro atoms. The molecular weight excluding hydrogens is 366 g/mol. The Morgan fingerprint density at radius 2 is 1.85 bits per heavy atom. The molecule has 0 unspecified atom stereocenters. The molecule has 140 valence electrons. The van der Waals surface area contributed by atoms with Crippen molar-refractivity contribution in [1.29, 1.82) is 0 Å². The summed E-state index contributed by atoms with van der Waals surface area (Å²) in [7, 11) is 0. The highest BCUT2D eigenvalue weighted by atomic mass is 19.2. The minimum absolute atomic E-state index is 0.0398. The van der Waals surface area contributed by atoms with Gasteiger partial charge < -0.3 is 9.47 Å². The number of amides is 2. The number of nitro groups is 1. The number of nitrogens with zero attached hydrogens (tertiary/aromatic N) is 2. The largest absolute Gasteiger partial charge is 0.443 e. The zero-order chi connectivity index (χ0) is 19.7. The zero-order valence-electron chi connectivity index (χ0n) is 13.8. The number of benzene rings is 2. The van der Waals surface area contributed by atoms with Gasteiger partial charge in [-0.1, -0.05) is 6.07 Å². The molecule has 10 heteroatoms. The minimum atomic E-state index is -1.14. The third-order valence-electron chi connectivity index (χ3n) is 3.94. The van der Waals surface area contributed by atoms with Crippen LogP contribution in [0, 0.1) is 21.7 Å². The number of cyclic esters (lactones) is 1. The number of halogens is 2. The van der Waals surface area contributed by atoms with E-state index in [4.69, 9.17) is 9.47 Å². The molecule has 2 atom stereocenters. The van der Waals surface area contributed by atoms with Crippen LogP contribution >= 0.6 is 0 Å². The molecule has 0 aliphatic carbocycles. The highest BCUT2D eigenvalue weighted by molar-refractivity contribution is 5.91. The second kappa shape index (κ2) is 6.98. The number of hydrogen-bond acceptors (Lipinski definition) is 6. The Bertz CT molecular complexity index is 918. The minimum Gasteiger partial charge on any atom is -0.443 e. The lowest BCUT2D eigenvalue weighted by atomic mass is 10.0. The van der Waals surface area contributed by atoms with E-state index in [0.29, 0.717) is 4.90 Å². The van der Waals surface area contributed by atoms with Gasteiger partial charge in [-0.2, -0.15) is 0 Å². The maximum absolute atomic E-state index is 13.5. The van der Waals surface area contributed by atoms with E-state index >= 15 is 0 Å². The molecule has 0 N–H and O–H groups in total. The summed E-state index contributed by atoms with van der Waals surface area (Å²) in [6.07, 6.45) is -2.95. The Kier molecular flexibility index (Phi) is 4.72. The number of carbonyl (C=O) groups excluding carboxylic acids is 2. The van der Waals surface area contributed by atoms with E-state index in [1.165, 1.54) is 25.1 Å². The highest BCUT2D eigenvalue weighted by Crippen LogP contribution is 2.34. The Labute approximate surface area is 151 Å². The number of rotatable bonds is 3. The first-order valence-corrected chi connectivity index (χ1v) is 7.69. The molecular formula is C17H12F2N2O6. The number of non-ortho nitro benzene ring substituents is 1. The van der Waals surface area contributed by atoms with Gasteiger partial charge in [0.1, 0.15) is 17.9 Å². The predicted octanol–water partition coefficient (Wildman–Crippen LogP) is 3.95. The molecule has 1 heterocycles. The van der Waals surface area contributed by atoms with Crippen molar-refractivity contribution in [3.63, 3.8) is 0 Å². The predicted molar refractivity (Wildman–Crippen MR) is 86.0 cm³/mol. The second-order valence-electron chi connectivity index (χ2n) is 5.70. The van der Waals surface area contributed by atoms with Crippen molar-refractivity contribution in [2.75, 3.05) is 0 Å². The molecule has 0 saturated carbocycles. The third-order valence-corrected chi connectivity index (χ3v) is 3.94. The van der Waals surface area contributed by atoms with Crippen LogP contribution in [0.1, 0.15) is 18.5 Å². The van der Waals surface area contributed by atoms with Crippen LogP contribution in [0.15, 0.2) is 42.5 Å². The normalized spacial score (nSPS) is 18.9. The number of imide groups is 1. The first-order chi connectivity index (χ1) is 12.8. The standard InChI is InChI=1S/C17H12F2N2O6/c1-9-15(10-2-7-13(18)14(19)8-10)20(16(22)26-9)17(23)27-12-5-3-11(4-6-12)21(24)25/h2-9,15H,1H3/t9-,15+/m1/s1. The van der Waals surface area contributed by atoms with E-state index in [2.05, 4.69) is 0 Å². The summed E-state index contributed by atoms with van der Waals surface area (Å²) in [5, 5.41) is 10.6. The maximum Gasteiger partial charge on any atom is 0.425 e. The van der Waals surface area contributed by atoms with Gasteiger partial charge in [0.25, 0.3) is 5.69 Å². The van der Waals surface area contributed by atoms with Crippen molar-refractivity contribution in [3.8, 4) is 5.75 Å². The van der Waals surface area contributed by atoms with E-state index in [9.17, 15) is 28.5 Å². The van der Waals surface area contributed by atoms with Gasteiger partial charge in [0, 0.05) is 12.1 Å². The van der Waals surface area contributed by atoms with E-state index < -0.39 is 40.9 Å². The Balaban J connectivity index is 1.85. The highest BCUT2D eigenvalue weighted by Gasteiger charge is 2.45. The molecule has 27 heavy (non-hydrogen) atoms. The summed E-state index contributed by atoms with van der Waals surface area (Å²) < 4.78 is 36.8. The fourth-order valence-electron chi connectivity index (χ4n) is 2.69.